The van der Waals surface area contributed by atoms with Crippen molar-refractivity contribution < 1.29 is 4.79 Å². The molecule has 0 unspecified atom stereocenters. The van der Waals surface area contributed by atoms with Crippen LogP contribution in [0.3, 0.4) is 0 Å². The molecule has 5 nitrogen and oxygen atoms in total. The number of aromatic nitrogens is 2. The van der Waals surface area contributed by atoms with Gasteiger partial charge < -0.3 is 5.32 Å². The summed E-state index contributed by atoms with van der Waals surface area (Å²) in [6.45, 7) is 1.14. The van der Waals surface area contributed by atoms with Crippen LogP contribution in [0.4, 0.5) is 0 Å². The van der Waals surface area contributed by atoms with E-state index < -0.39 is 0 Å². The van der Waals surface area contributed by atoms with Gasteiger partial charge in [0.25, 0.3) is 0 Å². The lowest BCUT2D eigenvalue weighted by Gasteiger charge is -2.11. The minimum absolute atomic E-state index is 0.206. The molecule has 5 heteroatoms. The minimum atomic E-state index is -0.206. The van der Waals surface area contributed by atoms with E-state index >= 15 is 0 Å². The molecule has 1 N–H and O–H groups in total. The van der Waals surface area contributed by atoms with Gasteiger partial charge in [-0.3, -0.25) is 9.48 Å². The van der Waals surface area contributed by atoms with Gasteiger partial charge in [-0.2, -0.15) is 10.4 Å². The summed E-state index contributed by atoms with van der Waals surface area (Å²) >= 11 is 0. The Morgan fingerprint density at radius 1 is 1.00 bits per heavy atom. The van der Waals surface area contributed by atoms with Crippen LogP contribution in [0.15, 0.2) is 97.3 Å². The van der Waals surface area contributed by atoms with Crippen LogP contribution in [-0.4, -0.2) is 15.7 Å². The molecule has 32 heavy (non-hydrogen) atoms. The van der Waals surface area contributed by atoms with E-state index in [1.807, 2.05) is 47.3 Å². The van der Waals surface area contributed by atoms with Crippen molar-refractivity contribution in [2.45, 2.75) is 13.1 Å². The molecule has 0 saturated carbocycles. The predicted molar refractivity (Wildman–Crippen MR) is 125 cm³/mol. The Kier molecular flexibility index (Phi) is 6.54. The molecule has 0 aliphatic rings. The SMILES string of the molecule is N#Cc1ccccc1C=CC(=O)NCc1ccccc1-c1ccc(Cn2cccn2)cc1. The molecule has 3 aromatic carbocycles. The summed E-state index contributed by atoms with van der Waals surface area (Å²) in [5.74, 6) is -0.206. The summed E-state index contributed by atoms with van der Waals surface area (Å²) in [4.78, 5) is 12.3. The molecule has 0 aliphatic heterocycles. The Bertz CT molecular complexity index is 1270. The highest BCUT2D eigenvalue weighted by Crippen LogP contribution is 2.24. The smallest absolute Gasteiger partial charge is 0.244 e. The number of hydrogen-bond donors (Lipinski definition) is 1. The first-order valence-electron chi connectivity index (χ1n) is 10.3. The highest BCUT2D eigenvalue weighted by Gasteiger charge is 2.06. The van der Waals surface area contributed by atoms with Crippen molar-refractivity contribution in [3.05, 3.63) is 120 Å². The molecule has 0 saturated heterocycles. The maximum absolute atomic E-state index is 12.3. The summed E-state index contributed by atoms with van der Waals surface area (Å²) in [6, 6.07) is 27.7. The van der Waals surface area contributed by atoms with Gasteiger partial charge in [0.15, 0.2) is 0 Å². The highest BCUT2D eigenvalue weighted by atomic mass is 16.1. The zero-order valence-corrected chi connectivity index (χ0v) is 17.5. The van der Waals surface area contributed by atoms with Gasteiger partial charge in [0, 0.05) is 25.0 Å². The fraction of sp³-hybridized carbons (Fsp3) is 0.0741. The molecule has 0 fully saturated rings. The van der Waals surface area contributed by atoms with Crippen molar-refractivity contribution in [1.29, 1.82) is 5.26 Å². The normalized spacial score (nSPS) is 10.7. The lowest BCUT2D eigenvalue weighted by Crippen LogP contribution is -2.20. The van der Waals surface area contributed by atoms with Crippen molar-refractivity contribution in [2.24, 2.45) is 0 Å². The predicted octanol–water partition coefficient (Wildman–Crippen LogP) is 4.80. The molecule has 156 valence electrons. The summed E-state index contributed by atoms with van der Waals surface area (Å²) in [5, 5.41) is 16.4. The van der Waals surface area contributed by atoms with Crippen LogP contribution in [0.25, 0.3) is 17.2 Å². The van der Waals surface area contributed by atoms with Gasteiger partial charge in [-0.05, 0) is 46.0 Å². The van der Waals surface area contributed by atoms with Gasteiger partial charge in [-0.1, -0.05) is 66.7 Å². The largest absolute Gasteiger partial charge is 0.348 e. The Morgan fingerprint density at radius 2 is 1.78 bits per heavy atom. The fourth-order valence-corrected chi connectivity index (χ4v) is 3.48. The van der Waals surface area contributed by atoms with E-state index in [2.05, 4.69) is 46.8 Å². The fourth-order valence-electron chi connectivity index (χ4n) is 3.48. The van der Waals surface area contributed by atoms with Crippen molar-refractivity contribution in [2.75, 3.05) is 0 Å². The number of benzene rings is 3. The molecule has 0 aliphatic carbocycles. The molecule has 0 bridgehead atoms. The van der Waals surface area contributed by atoms with Crippen LogP contribution < -0.4 is 5.32 Å². The Morgan fingerprint density at radius 3 is 2.56 bits per heavy atom. The average molecular weight is 419 g/mol. The van der Waals surface area contributed by atoms with E-state index in [-0.39, 0.29) is 5.91 Å². The van der Waals surface area contributed by atoms with Gasteiger partial charge in [-0.15, -0.1) is 0 Å². The molecule has 4 rings (SSSR count). The summed E-state index contributed by atoms with van der Waals surface area (Å²) in [6.07, 6.45) is 6.84. The number of carbonyl (C=O) groups is 1. The zero-order chi connectivity index (χ0) is 22.2. The number of nitriles is 1. The van der Waals surface area contributed by atoms with E-state index in [9.17, 15) is 4.79 Å². The third-order valence-corrected chi connectivity index (χ3v) is 5.13. The minimum Gasteiger partial charge on any atom is -0.348 e. The Labute approximate surface area is 187 Å². The maximum atomic E-state index is 12.3. The average Bonchev–Trinajstić information content (AvgIpc) is 3.35. The molecule has 1 amide bonds. The Balaban J connectivity index is 1.43. The van der Waals surface area contributed by atoms with Gasteiger partial charge in [0.2, 0.25) is 5.91 Å². The van der Waals surface area contributed by atoms with E-state index in [4.69, 9.17) is 5.26 Å². The van der Waals surface area contributed by atoms with Crippen molar-refractivity contribution in [1.82, 2.24) is 15.1 Å². The molecular formula is C27H22N4O. The van der Waals surface area contributed by atoms with E-state index in [0.29, 0.717) is 12.1 Å². The summed E-state index contributed by atoms with van der Waals surface area (Å²) < 4.78 is 1.89. The number of rotatable bonds is 7. The maximum Gasteiger partial charge on any atom is 0.244 e. The van der Waals surface area contributed by atoms with E-state index in [1.165, 1.54) is 11.6 Å². The van der Waals surface area contributed by atoms with Crippen LogP contribution in [0.5, 0.6) is 0 Å². The third-order valence-electron chi connectivity index (χ3n) is 5.13. The lowest BCUT2D eigenvalue weighted by molar-refractivity contribution is -0.116. The van der Waals surface area contributed by atoms with Gasteiger partial charge in [-0.25, -0.2) is 0 Å². The monoisotopic (exact) mass is 418 g/mol. The summed E-state index contributed by atoms with van der Waals surface area (Å²) in [5.41, 5.74) is 5.64. The van der Waals surface area contributed by atoms with Crippen molar-refractivity contribution in [3.8, 4) is 17.2 Å². The molecule has 1 heterocycles. The van der Waals surface area contributed by atoms with E-state index in [0.717, 1.165) is 28.8 Å². The third kappa shape index (κ3) is 5.18. The molecule has 0 radical (unpaired) electrons. The number of hydrogen-bond acceptors (Lipinski definition) is 3. The van der Waals surface area contributed by atoms with Gasteiger partial charge >= 0.3 is 0 Å². The zero-order valence-electron chi connectivity index (χ0n) is 17.5. The van der Waals surface area contributed by atoms with Crippen LogP contribution >= 0.6 is 0 Å². The lowest BCUT2D eigenvalue weighted by atomic mass is 9.98. The van der Waals surface area contributed by atoms with Crippen molar-refractivity contribution in [3.63, 3.8) is 0 Å². The quantitative estimate of drug-likeness (QED) is 0.438. The number of nitrogens with zero attached hydrogens (tertiary/aromatic N) is 3. The summed E-state index contributed by atoms with van der Waals surface area (Å²) in [7, 11) is 0. The molecular weight excluding hydrogens is 396 g/mol. The van der Waals surface area contributed by atoms with Crippen molar-refractivity contribution >= 4 is 12.0 Å². The second-order valence-corrected chi connectivity index (χ2v) is 7.31. The second kappa shape index (κ2) is 10.1. The second-order valence-electron chi connectivity index (χ2n) is 7.31. The molecule has 4 aromatic rings. The van der Waals surface area contributed by atoms with Crippen LogP contribution in [0.2, 0.25) is 0 Å². The molecule has 0 spiro atoms. The number of carbonyl (C=O) groups excluding carboxylic acids is 1. The first-order valence-corrected chi connectivity index (χ1v) is 10.3. The highest BCUT2D eigenvalue weighted by molar-refractivity contribution is 5.92. The van der Waals surface area contributed by atoms with Crippen LogP contribution in [-0.2, 0) is 17.9 Å². The van der Waals surface area contributed by atoms with Gasteiger partial charge in [0.1, 0.15) is 0 Å². The van der Waals surface area contributed by atoms with Gasteiger partial charge in [0.05, 0.1) is 18.2 Å². The topological polar surface area (TPSA) is 70.7 Å². The Hall–Kier alpha value is -4.43. The standard InChI is InChI=1S/C27H22N4O/c28-18-24-7-2-1-6-22(24)14-15-27(32)29-19-25-8-3-4-9-26(25)23-12-10-21(11-13-23)20-31-17-5-16-30-31/h1-17H,19-20H2,(H,29,32). The molecule has 1 aromatic heterocycles. The first kappa shape index (κ1) is 20.8. The van der Waals surface area contributed by atoms with E-state index in [1.54, 1.807) is 24.4 Å². The molecule has 0 atom stereocenters. The number of nitrogens with one attached hydrogen (secondary N) is 1. The van der Waals surface area contributed by atoms with Crippen LogP contribution in [0, 0.1) is 11.3 Å². The van der Waals surface area contributed by atoms with Crippen LogP contribution in [0.1, 0.15) is 22.3 Å². The first-order chi connectivity index (χ1) is 15.7. The number of amides is 1.